The molecule has 0 amide bonds. The van der Waals surface area contributed by atoms with Gasteiger partial charge in [0.1, 0.15) is 11.2 Å². The van der Waals surface area contributed by atoms with Crippen LogP contribution in [0, 0.1) is 0 Å². The van der Waals surface area contributed by atoms with Crippen LogP contribution in [0.25, 0.3) is 43.3 Å². The lowest BCUT2D eigenvalue weighted by molar-refractivity contribution is 0.670. The Morgan fingerprint density at radius 2 is 1.86 bits per heavy atom. The van der Waals surface area contributed by atoms with Crippen LogP contribution in [0.5, 0.6) is 0 Å². The SMILES string of the molecule is c1ccc(-c2cccc3c2oc2ccc4sccc4c23)nc1. The first-order chi connectivity index (χ1) is 10.9. The summed E-state index contributed by atoms with van der Waals surface area (Å²) in [5, 5.41) is 5.75. The van der Waals surface area contributed by atoms with Gasteiger partial charge < -0.3 is 4.42 Å². The van der Waals surface area contributed by atoms with Crippen molar-refractivity contribution in [2.75, 3.05) is 0 Å². The van der Waals surface area contributed by atoms with Crippen LogP contribution in [0.4, 0.5) is 0 Å². The van der Waals surface area contributed by atoms with E-state index in [9.17, 15) is 0 Å². The normalized spacial score (nSPS) is 11.6. The standard InChI is InChI=1S/C19H11NOS/c1-2-10-20-15(6-1)12-4-3-5-14-18-13-9-11-22-17(13)8-7-16(18)21-19(12)14/h1-11H. The highest BCUT2D eigenvalue weighted by Crippen LogP contribution is 2.39. The van der Waals surface area contributed by atoms with Crippen molar-refractivity contribution in [2.45, 2.75) is 0 Å². The molecular weight excluding hydrogens is 290 g/mol. The minimum absolute atomic E-state index is 0.912. The van der Waals surface area contributed by atoms with Crippen LogP contribution in [-0.4, -0.2) is 4.98 Å². The summed E-state index contributed by atoms with van der Waals surface area (Å²) in [7, 11) is 0. The zero-order chi connectivity index (χ0) is 14.5. The number of rotatable bonds is 1. The van der Waals surface area contributed by atoms with Gasteiger partial charge >= 0.3 is 0 Å². The Balaban J connectivity index is 1.97. The number of fused-ring (bicyclic) bond motifs is 5. The number of benzene rings is 2. The van der Waals surface area contributed by atoms with Gasteiger partial charge in [0.2, 0.25) is 0 Å². The quantitative estimate of drug-likeness (QED) is 0.387. The maximum absolute atomic E-state index is 6.18. The molecule has 0 aliphatic heterocycles. The Labute approximate surface area is 130 Å². The Bertz CT molecular complexity index is 1120. The monoisotopic (exact) mass is 301 g/mol. The average molecular weight is 301 g/mol. The smallest absolute Gasteiger partial charge is 0.144 e. The first-order valence-corrected chi connectivity index (χ1v) is 8.02. The number of nitrogens with zero attached hydrogens (tertiary/aromatic N) is 1. The maximum atomic E-state index is 6.18. The van der Waals surface area contributed by atoms with Crippen LogP contribution in [-0.2, 0) is 0 Å². The summed E-state index contributed by atoms with van der Waals surface area (Å²) in [6.45, 7) is 0. The fourth-order valence-electron chi connectivity index (χ4n) is 3.06. The molecule has 22 heavy (non-hydrogen) atoms. The van der Waals surface area contributed by atoms with Crippen LogP contribution in [0.1, 0.15) is 0 Å². The molecule has 5 aromatic rings. The second-order valence-electron chi connectivity index (χ2n) is 5.27. The van der Waals surface area contributed by atoms with Crippen molar-refractivity contribution in [3.8, 4) is 11.3 Å². The van der Waals surface area contributed by atoms with E-state index < -0.39 is 0 Å². The van der Waals surface area contributed by atoms with Crippen molar-refractivity contribution in [3.63, 3.8) is 0 Å². The molecule has 0 unspecified atom stereocenters. The number of furan rings is 1. The summed E-state index contributed by atoms with van der Waals surface area (Å²) >= 11 is 1.76. The Morgan fingerprint density at radius 1 is 0.864 bits per heavy atom. The predicted octanol–water partition coefficient (Wildman–Crippen LogP) is 5.86. The van der Waals surface area contributed by atoms with Gasteiger partial charge in [-0.15, -0.1) is 11.3 Å². The molecule has 2 aromatic carbocycles. The van der Waals surface area contributed by atoms with E-state index >= 15 is 0 Å². The van der Waals surface area contributed by atoms with Gasteiger partial charge in [-0.3, -0.25) is 4.98 Å². The molecule has 0 N–H and O–H groups in total. The summed E-state index contributed by atoms with van der Waals surface area (Å²) in [4.78, 5) is 4.46. The summed E-state index contributed by atoms with van der Waals surface area (Å²) in [6, 6.07) is 18.6. The van der Waals surface area contributed by atoms with Crippen molar-refractivity contribution in [1.29, 1.82) is 0 Å². The number of para-hydroxylation sites is 1. The topological polar surface area (TPSA) is 26.0 Å². The minimum atomic E-state index is 0.912. The minimum Gasteiger partial charge on any atom is -0.455 e. The summed E-state index contributed by atoms with van der Waals surface area (Å²) < 4.78 is 7.47. The summed E-state index contributed by atoms with van der Waals surface area (Å²) in [5.74, 6) is 0. The van der Waals surface area contributed by atoms with Gasteiger partial charge in [0.05, 0.1) is 5.69 Å². The lowest BCUT2D eigenvalue weighted by atomic mass is 10.0. The van der Waals surface area contributed by atoms with Crippen molar-refractivity contribution in [1.82, 2.24) is 4.98 Å². The molecule has 104 valence electrons. The van der Waals surface area contributed by atoms with Crippen LogP contribution >= 0.6 is 11.3 Å². The lowest BCUT2D eigenvalue weighted by Gasteiger charge is -2.00. The van der Waals surface area contributed by atoms with Crippen molar-refractivity contribution in [3.05, 3.63) is 66.2 Å². The number of hydrogen-bond donors (Lipinski definition) is 0. The van der Waals surface area contributed by atoms with Gasteiger partial charge in [0, 0.05) is 32.6 Å². The fourth-order valence-corrected chi connectivity index (χ4v) is 3.86. The molecule has 3 heterocycles. The highest BCUT2D eigenvalue weighted by Gasteiger charge is 2.14. The molecule has 2 nitrogen and oxygen atoms in total. The number of hydrogen-bond acceptors (Lipinski definition) is 3. The third-order valence-electron chi connectivity index (χ3n) is 4.03. The average Bonchev–Trinajstić information content (AvgIpc) is 3.18. The van der Waals surface area contributed by atoms with Gasteiger partial charge in [-0.05, 0) is 41.8 Å². The van der Waals surface area contributed by atoms with Crippen LogP contribution in [0.15, 0.2) is 70.6 Å². The van der Waals surface area contributed by atoms with Gasteiger partial charge in [-0.2, -0.15) is 0 Å². The molecule has 0 saturated carbocycles. The third-order valence-corrected chi connectivity index (χ3v) is 4.92. The van der Waals surface area contributed by atoms with Crippen molar-refractivity contribution in [2.24, 2.45) is 0 Å². The molecular formula is C19H11NOS. The molecule has 0 saturated heterocycles. The van der Waals surface area contributed by atoms with E-state index in [2.05, 4.69) is 46.8 Å². The third kappa shape index (κ3) is 1.57. The summed E-state index contributed by atoms with van der Waals surface area (Å²) in [6.07, 6.45) is 1.81. The molecule has 0 fully saturated rings. The highest BCUT2D eigenvalue weighted by atomic mass is 32.1. The van der Waals surface area contributed by atoms with Crippen LogP contribution in [0.2, 0.25) is 0 Å². The Hall–Kier alpha value is -2.65. The summed E-state index contributed by atoms with van der Waals surface area (Å²) in [5.41, 5.74) is 3.82. The highest BCUT2D eigenvalue weighted by molar-refractivity contribution is 7.17. The van der Waals surface area contributed by atoms with E-state index in [1.54, 1.807) is 11.3 Å². The first kappa shape index (κ1) is 12.0. The fraction of sp³-hybridized carbons (Fsp3) is 0. The predicted molar refractivity (Wildman–Crippen MR) is 92.3 cm³/mol. The molecule has 3 aromatic heterocycles. The van der Waals surface area contributed by atoms with Gasteiger partial charge in [-0.1, -0.05) is 18.2 Å². The second kappa shape index (κ2) is 4.42. The zero-order valence-corrected chi connectivity index (χ0v) is 12.4. The Kier molecular flexibility index (Phi) is 2.40. The molecule has 3 heteroatoms. The lowest BCUT2D eigenvalue weighted by Crippen LogP contribution is -1.82. The molecule has 0 atom stereocenters. The molecule has 5 rings (SSSR count). The van der Waals surface area contributed by atoms with Crippen LogP contribution in [0.3, 0.4) is 0 Å². The van der Waals surface area contributed by atoms with E-state index in [4.69, 9.17) is 4.42 Å². The number of pyridine rings is 1. The first-order valence-electron chi connectivity index (χ1n) is 7.15. The maximum Gasteiger partial charge on any atom is 0.144 e. The van der Waals surface area contributed by atoms with Gasteiger partial charge in [-0.25, -0.2) is 0 Å². The molecule has 0 spiro atoms. The van der Waals surface area contributed by atoms with Crippen LogP contribution < -0.4 is 0 Å². The van der Waals surface area contributed by atoms with E-state index in [1.807, 2.05) is 24.4 Å². The van der Waals surface area contributed by atoms with Crippen molar-refractivity contribution < 1.29 is 4.42 Å². The number of aromatic nitrogens is 1. The second-order valence-corrected chi connectivity index (χ2v) is 6.22. The molecule has 0 aliphatic carbocycles. The van der Waals surface area contributed by atoms with E-state index in [-0.39, 0.29) is 0 Å². The zero-order valence-electron chi connectivity index (χ0n) is 11.6. The Morgan fingerprint density at radius 3 is 2.77 bits per heavy atom. The van der Waals surface area contributed by atoms with Gasteiger partial charge in [0.25, 0.3) is 0 Å². The number of thiophene rings is 1. The molecule has 0 radical (unpaired) electrons. The molecule has 0 aliphatic rings. The largest absolute Gasteiger partial charge is 0.455 e. The van der Waals surface area contributed by atoms with E-state index in [0.29, 0.717) is 0 Å². The molecule has 0 bridgehead atoms. The van der Waals surface area contributed by atoms with Crippen molar-refractivity contribution >= 4 is 43.4 Å². The van der Waals surface area contributed by atoms with Gasteiger partial charge in [0.15, 0.2) is 0 Å². The van der Waals surface area contributed by atoms with E-state index in [0.717, 1.165) is 27.8 Å². The van der Waals surface area contributed by atoms with E-state index in [1.165, 1.54) is 15.5 Å².